The summed E-state index contributed by atoms with van der Waals surface area (Å²) in [5.74, 6) is 0. The molecule has 1 radical (unpaired) electrons. The van der Waals surface area contributed by atoms with Gasteiger partial charge in [0.2, 0.25) is 0 Å². The molecule has 0 aromatic heterocycles. The highest BCUT2D eigenvalue weighted by Gasteiger charge is 2.28. The van der Waals surface area contributed by atoms with Crippen LogP contribution in [0.15, 0.2) is 0 Å². The summed E-state index contributed by atoms with van der Waals surface area (Å²) < 4.78 is 10.5. The minimum atomic E-state index is 0.728. The van der Waals surface area contributed by atoms with Gasteiger partial charge in [-0.3, -0.25) is 0 Å². The van der Waals surface area contributed by atoms with E-state index in [0.29, 0.717) is 0 Å². The Morgan fingerprint density at radius 3 is 2.20 bits per heavy atom. The van der Waals surface area contributed by atoms with Crippen LogP contribution in [0.25, 0.3) is 0 Å². The molecule has 2 fully saturated rings. The molecule has 0 N–H and O–H groups in total. The second kappa shape index (κ2) is 2.86. The second-order valence-electron chi connectivity index (χ2n) is 2.66. The maximum absolute atomic E-state index is 5.26. The van der Waals surface area contributed by atoms with E-state index in [2.05, 4.69) is 4.90 Å². The fourth-order valence-electron chi connectivity index (χ4n) is 1.38. The van der Waals surface area contributed by atoms with Crippen molar-refractivity contribution in [1.82, 2.24) is 4.90 Å². The van der Waals surface area contributed by atoms with Crippen molar-refractivity contribution >= 4 is 0 Å². The van der Waals surface area contributed by atoms with Gasteiger partial charge in [-0.25, -0.2) is 4.90 Å². The number of ether oxygens (including phenoxy) is 2. The molecule has 10 heavy (non-hydrogen) atoms. The fraction of sp³-hybridized carbons (Fsp3) is 0.857. The molecular formula is C7H12NO2. The Morgan fingerprint density at radius 2 is 1.60 bits per heavy atom. The van der Waals surface area contributed by atoms with Gasteiger partial charge in [-0.15, -0.1) is 0 Å². The Bertz CT molecular complexity index is 92.2. The summed E-state index contributed by atoms with van der Waals surface area (Å²) >= 11 is 0. The fourth-order valence-corrected chi connectivity index (χ4v) is 1.38. The highest BCUT2D eigenvalue weighted by molar-refractivity contribution is 4.77. The third-order valence-electron chi connectivity index (χ3n) is 1.90. The number of likely N-dealkylation sites (tertiary alicyclic amines) is 1. The van der Waals surface area contributed by atoms with Crippen molar-refractivity contribution in [2.45, 2.75) is 12.8 Å². The lowest BCUT2D eigenvalue weighted by atomic mass is 10.4. The molecule has 3 nitrogen and oxygen atoms in total. The lowest BCUT2D eigenvalue weighted by Crippen LogP contribution is -2.25. The third kappa shape index (κ3) is 1.17. The normalized spacial score (nSPS) is 30.0. The molecule has 0 aromatic rings. The Balaban J connectivity index is 1.85. The van der Waals surface area contributed by atoms with Crippen LogP contribution in [0, 0.1) is 6.41 Å². The first kappa shape index (κ1) is 6.58. The molecule has 2 aliphatic heterocycles. The van der Waals surface area contributed by atoms with E-state index in [-0.39, 0.29) is 0 Å². The van der Waals surface area contributed by atoms with E-state index in [1.54, 1.807) is 0 Å². The predicted octanol–water partition coefficient (Wildman–Crippen LogP) is 0.576. The third-order valence-corrected chi connectivity index (χ3v) is 1.90. The monoisotopic (exact) mass is 142 g/mol. The first-order chi connectivity index (χ1) is 4.97. The highest BCUT2D eigenvalue weighted by atomic mass is 16.7. The zero-order valence-corrected chi connectivity index (χ0v) is 6.01. The number of hydrogen-bond donors (Lipinski definition) is 0. The molecule has 0 aromatic carbocycles. The highest BCUT2D eigenvalue weighted by Crippen LogP contribution is 2.22. The number of nitrogens with zero attached hydrogens (tertiary/aromatic N) is 1. The van der Waals surface area contributed by atoms with Crippen LogP contribution in [-0.4, -0.2) is 31.2 Å². The lowest BCUT2D eigenvalue weighted by Gasteiger charge is -2.17. The smallest absolute Gasteiger partial charge is 0.303 e. The van der Waals surface area contributed by atoms with E-state index in [4.69, 9.17) is 9.47 Å². The summed E-state index contributed by atoms with van der Waals surface area (Å²) in [6.07, 6.45) is 3.31. The minimum Gasteiger partial charge on any atom is -0.329 e. The molecule has 2 aliphatic rings. The Kier molecular flexibility index (Phi) is 1.88. The zero-order valence-electron chi connectivity index (χ0n) is 6.01. The lowest BCUT2D eigenvalue weighted by molar-refractivity contribution is -0.0316. The summed E-state index contributed by atoms with van der Waals surface area (Å²) in [5.41, 5.74) is 0. The Hall–Kier alpha value is -0.120. The number of rotatable bonds is 1. The van der Waals surface area contributed by atoms with Gasteiger partial charge < -0.3 is 9.47 Å². The van der Waals surface area contributed by atoms with Crippen LogP contribution in [0.1, 0.15) is 12.8 Å². The largest absolute Gasteiger partial charge is 0.329 e. The molecule has 0 saturated carbocycles. The van der Waals surface area contributed by atoms with Crippen molar-refractivity contribution in [1.29, 1.82) is 0 Å². The maximum Gasteiger partial charge on any atom is 0.303 e. The van der Waals surface area contributed by atoms with Crippen LogP contribution < -0.4 is 0 Å². The van der Waals surface area contributed by atoms with Crippen molar-refractivity contribution < 1.29 is 9.47 Å². The second-order valence-corrected chi connectivity index (χ2v) is 2.66. The molecule has 2 saturated heterocycles. The van der Waals surface area contributed by atoms with E-state index >= 15 is 0 Å². The minimum absolute atomic E-state index is 0.728. The van der Waals surface area contributed by atoms with Crippen molar-refractivity contribution in [2.24, 2.45) is 0 Å². The van der Waals surface area contributed by atoms with E-state index in [1.807, 2.05) is 0 Å². The SMILES string of the molecule is C1CCN([C]2OCCO2)C1. The van der Waals surface area contributed by atoms with E-state index in [1.165, 1.54) is 12.8 Å². The zero-order chi connectivity index (χ0) is 6.81. The molecule has 57 valence electrons. The summed E-state index contributed by atoms with van der Waals surface area (Å²) in [6.45, 7) is 3.67. The van der Waals surface area contributed by atoms with Crippen LogP contribution in [0.2, 0.25) is 0 Å². The number of hydrogen-bond acceptors (Lipinski definition) is 3. The van der Waals surface area contributed by atoms with E-state index in [9.17, 15) is 0 Å². The summed E-state index contributed by atoms with van der Waals surface area (Å²) in [6, 6.07) is 0. The van der Waals surface area contributed by atoms with Gasteiger partial charge in [0.15, 0.2) is 0 Å². The van der Waals surface area contributed by atoms with Crippen molar-refractivity contribution in [3.63, 3.8) is 0 Å². The standard InChI is InChI=1S/C7H12NO2/c1-2-4-8(3-1)7-9-5-6-10-7/h1-6H2. The first-order valence-corrected chi connectivity index (χ1v) is 3.84. The Morgan fingerprint density at radius 1 is 1.00 bits per heavy atom. The van der Waals surface area contributed by atoms with Crippen LogP contribution in [0.4, 0.5) is 0 Å². The van der Waals surface area contributed by atoms with Gasteiger partial charge in [-0.05, 0) is 12.8 Å². The van der Waals surface area contributed by atoms with Crippen LogP contribution in [0.3, 0.4) is 0 Å². The predicted molar refractivity (Wildman–Crippen MR) is 36.0 cm³/mol. The van der Waals surface area contributed by atoms with Crippen LogP contribution >= 0.6 is 0 Å². The van der Waals surface area contributed by atoms with Gasteiger partial charge >= 0.3 is 6.41 Å². The molecule has 0 spiro atoms. The summed E-state index contributed by atoms with van der Waals surface area (Å²) in [7, 11) is 0. The first-order valence-electron chi connectivity index (χ1n) is 3.84. The molecule has 2 rings (SSSR count). The van der Waals surface area contributed by atoms with Crippen LogP contribution in [0.5, 0.6) is 0 Å². The van der Waals surface area contributed by atoms with Gasteiger partial charge in [0.05, 0.1) is 13.2 Å². The average Bonchev–Trinajstić information content (AvgIpc) is 2.59. The topological polar surface area (TPSA) is 21.7 Å². The van der Waals surface area contributed by atoms with E-state index < -0.39 is 0 Å². The van der Waals surface area contributed by atoms with Crippen molar-refractivity contribution in [3.8, 4) is 0 Å². The molecule has 0 aliphatic carbocycles. The van der Waals surface area contributed by atoms with Gasteiger partial charge in [0.25, 0.3) is 0 Å². The molecule has 0 amide bonds. The van der Waals surface area contributed by atoms with Gasteiger partial charge in [-0.2, -0.15) is 0 Å². The molecule has 3 heteroatoms. The average molecular weight is 142 g/mol. The Labute approximate surface area is 60.9 Å². The van der Waals surface area contributed by atoms with Crippen LogP contribution in [-0.2, 0) is 9.47 Å². The van der Waals surface area contributed by atoms with Gasteiger partial charge in [0, 0.05) is 13.1 Å². The van der Waals surface area contributed by atoms with Crippen molar-refractivity contribution in [2.75, 3.05) is 26.3 Å². The molecule has 0 bridgehead atoms. The molecule has 2 heterocycles. The van der Waals surface area contributed by atoms with Gasteiger partial charge in [-0.1, -0.05) is 0 Å². The molecule has 0 unspecified atom stereocenters. The summed E-state index contributed by atoms with van der Waals surface area (Å²) in [5, 5.41) is 0. The molecular weight excluding hydrogens is 130 g/mol. The summed E-state index contributed by atoms with van der Waals surface area (Å²) in [4.78, 5) is 2.17. The molecule has 0 atom stereocenters. The van der Waals surface area contributed by atoms with Gasteiger partial charge in [0.1, 0.15) is 0 Å². The quantitative estimate of drug-likeness (QED) is 0.534. The van der Waals surface area contributed by atoms with Crippen molar-refractivity contribution in [3.05, 3.63) is 6.41 Å². The van der Waals surface area contributed by atoms with E-state index in [0.717, 1.165) is 32.7 Å². The maximum atomic E-state index is 5.26.